The highest BCUT2D eigenvalue weighted by molar-refractivity contribution is 5.54. The van der Waals surface area contributed by atoms with Crippen molar-refractivity contribution >= 4 is 6.08 Å². The van der Waals surface area contributed by atoms with Gasteiger partial charge in [-0.2, -0.15) is 0 Å². The van der Waals surface area contributed by atoms with Crippen molar-refractivity contribution in [3.8, 4) is 0 Å². The Labute approximate surface area is 125 Å². The molecule has 0 saturated heterocycles. The van der Waals surface area contributed by atoms with Crippen molar-refractivity contribution in [1.82, 2.24) is 0 Å². The minimum absolute atomic E-state index is 0. The van der Waals surface area contributed by atoms with Crippen LogP contribution in [0.2, 0.25) is 0 Å². The maximum atomic E-state index is 3.95. The minimum atomic E-state index is 0. The molecule has 0 saturated carbocycles. The first-order valence-electron chi connectivity index (χ1n) is 7.01. The van der Waals surface area contributed by atoms with Crippen LogP contribution in [0.1, 0.15) is 42.9 Å². The monoisotopic (exact) mass is 281 g/mol. The molecule has 1 aromatic carbocycles. The SMILES string of the molecule is C=Cc1cccc(C[N+](C)(C)C)c1CCCCC.[Cl-]. The van der Waals surface area contributed by atoms with Gasteiger partial charge in [-0.3, -0.25) is 0 Å². The summed E-state index contributed by atoms with van der Waals surface area (Å²) in [6.07, 6.45) is 7.06. The number of quaternary nitrogens is 1. The van der Waals surface area contributed by atoms with Crippen molar-refractivity contribution in [2.24, 2.45) is 0 Å². The Balaban J connectivity index is 0.00000324. The van der Waals surface area contributed by atoms with Crippen molar-refractivity contribution in [2.75, 3.05) is 21.1 Å². The Bertz CT molecular complexity index is 391. The molecule has 0 bridgehead atoms. The molecule has 0 aliphatic heterocycles. The predicted molar refractivity (Wildman–Crippen MR) is 81.5 cm³/mol. The molecule has 1 nitrogen and oxygen atoms in total. The van der Waals surface area contributed by atoms with Crippen LogP contribution < -0.4 is 12.4 Å². The van der Waals surface area contributed by atoms with E-state index in [0.29, 0.717) is 0 Å². The van der Waals surface area contributed by atoms with Crippen molar-refractivity contribution in [3.05, 3.63) is 41.5 Å². The molecule has 0 spiro atoms. The highest BCUT2D eigenvalue weighted by atomic mass is 35.5. The Kier molecular flexibility index (Phi) is 8.05. The van der Waals surface area contributed by atoms with Crippen LogP contribution in [0.5, 0.6) is 0 Å². The summed E-state index contributed by atoms with van der Waals surface area (Å²) in [6, 6.07) is 6.62. The highest BCUT2D eigenvalue weighted by Crippen LogP contribution is 2.21. The van der Waals surface area contributed by atoms with E-state index in [0.717, 1.165) is 11.0 Å². The van der Waals surface area contributed by atoms with Crippen molar-refractivity contribution in [3.63, 3.8) is 0 Å². The van der Waals surface area contributed by atoms with E-state index in [4.69, 9.17) is 0 Å². The van der Waals surface area contributed by atoms with E-state index in [1.807, 2.05) is 6.08 Å². The maximum Gasteiger partial charge on any atom is 0.104 e. The molecule has 0 aliphatic rings. The molecule has 1 rings (SSSR count). The molecular weight excluding hydrogens is 254 g/mol. The summed E-state index contributed by atoms with van der Waals surface area (Å²) in [7, 11) is 6.74. The zero-order valence-corrected chi connectivity index (χ0v) is 13.6. The third-order valence-electron chi connectivity index (χ3n) is 3.20. The molecule has 1 aromatic rings. The molecule has 0 heterocycles. The summed E-state index contributed by atoms with van der Waals surface area (Å²) in [5.41, 5.74) is 4.31. The van der Waals surface area contributed by atoms with Gasteiger partial charge in [0.25, 0.3) is 0 Å². The van der Waals surface area contributed by atoms with Gasteiger partial charge in [-0.25, -0.2) is 0 Å². The van der Waals surface area contributed by atoms with E-state index in [9.17, 15) is 0 Å². The molecule has 19 heavy (non-hydrogen) atoms. The van der Waals surface area contributed by atoms with E-state index < -0.39 is 0 Å². The third-order valence-corrected chi connectivity index (χ3v) is 3.20. The second kappa shape index (κ2) is 8.39. The fourth-order valence-electron chi connectivity index (χ4n) is 2.36. The smallest absolute Gasteiger partial charge is 0.104 e. The minimum Gasteiger partial charge on any atom is -1.00 e. The third kappa shape index (κ3) is 6.26. The molecule has 0 aliphatic carbocycles. The lowest BCUT2D eigenvalue weighted by Gasteiger charge is -2.26. The number of hydrogen-bond donors (Lipinski definition) is 0. The standard InChI is InChI=1S/C17H28N.ClH/c1-6-8-9-13-17-15(7-2)11-10-12-16(17)14-18(3,4)5;/h7,10-12H,2,6,8-9,13-14H2,1,3-5H3;1H/q+1;/p-1. The van der Waals surface area contributed by atoms with Gasteiger partial charge in [0.05, 0.1) is 21.1 Å². The number of halogens is 1. The van der Waals surface area contributed by atoms with Crippen molar-refractivity contribution in [2.45, 2.75) is 39.2 Å². The number of hydrogen-bond acceptors (Lipinski definition) is 0. The van der Waals surface area contributed by atoms with Crippen LogP contribution in [0.3, 0.4) is 0 Å². The molecule has 0 amide bonds. The van der Waals surface area contributed by atoms with Gasteiger partial charge < -0.3 is 16.9 Å². The van der Waals surface area contributed by atoms with E-state index >= 15 is 0 Å². The van der Waals surface area contributed by atoms with Gasteiger partial charge in [-0.05, 0) is 24.0 Å². The first-order valence-corrected chi connectivity index (χ1v) is 7.01. The van der Waals surface area contributed by atoms with Gasteiger partial charge in [-0.1, -0.05) is 50.6 Å². The highest BCUT2D eigenvalue weighted by Gasteiger charge is 2.13. The fraction of sp³-hybridized carbons (Fsp3) is 0.529. The molecule has 0 N–H and O–H groups in total. The normalized spacial score (nSPS) is 10.9. The molecule has 0 atom stereocenters. The Morgan fingerprint density at radius 3 is 2.37 bits per heavy atom. The number of benzene rings is 1. The van der Waals surface area contributed by atoms with Gasteiger partial charge in [0.2, 0.25) is 0 Å². The maximum absolute atomic E-state index is 3.95. The van der Waals surface area contributed by atoms with Gasteiger partial charge in [0.1, 0.15) is 6.54 Å². The summed E-state index contributed by atoms with van der Waals surface area (Å²) in [5, 5.41) is 0. The summed E-state index contributed by atoms with van der Waals surface area (Å²) in [4.78, 5) is 0. The second-order valence-corrected chi connectivity index (χ2v) is 6.09. The molecule has 0 fully saturated rings. The predicted octanol–water partition coefficient (Wildman–Crippen LogP) is 1.27. The molecule has 0 unspecified atom stereocenters. The Morgan fingerprint density at radius 2 is 1.84 bits per heavy atom. The van der Waals surface area contributed by atoms with Crippen LogP contribution in [-0.4, -0.2) is 25.6 Å². The quantitative estimate of drug-likeness (QED) is 0.522. The lowest BCUT2D eigenvalue weighted by atomic mass is 9.95. The molecular formula is C17H28ClN. The summed E-state index contributed by atoms with van der Waals surface area (Å²) in [6.45, 7) is 7.30. The summed E-state index contributed by atoms with van der Waals surface area (Å²) < 4.78 is 0.974. The van der Waals surface area contributed by atoms with E-state index in [1.54, 1.807) is 0 Å². The molecule has 2 heteroatoms. The van der Waals surface area contributed by atoms with Crippen molar-refractivity contribution < 1.29 is 16.9 Å². The lowest BCUT2D eigenvalue weighted by molar-refractivity contribution is -0.884. The van der Waals surface area contributed by atoms with E-state index in [2.05, 4.69) is 52.8 Å². The second-order valence-electron chi connectivity index (χ2n) is 6.09. The molecule has 0 radical (unpaired) electrons. The summed E-state index contributed by atoms with van der Waals surface area (Å²) >= 11 is 0. The number of unbranched alkanes of at least 4 members (excludes halogenated alkanes) is 2. The average Bonchev–Trinajstić information content (AvgIpc) is 2.29. The lowest BCUT2D eigenvalue weighted by Crippen LogP contribution is -3.00. The van der Waals surface area contributed by atoms with Crippen LogP contribution in [0.4, 0.5) is 0 Å². The van der Waals surface area contributed by atoms with E-state index in [1.165, 1.54) is 42.4 Å². The van der Waals surface area contributed by atoms with Gasteiger partial charge in [0.15, 0.2) is 0 Å². The van der Waals surface area contributed by atoms with E-state index in [-0.39, 0.29) is 12.4 Å². The average molecular weight is 282 g/mol. The first-order chi connectivity index (χ1) is 8.48. The Hall–Kier alpha value is -0.790. The fourth-order valence-corrected chi connectivity index (χ4v) is 2.36. The van der Waals surface area contributed by atoms with Gasteiger partial charge in [0, 0.05) is 5.56 Å². The number of nitrogens with zero attached hydrogens (tertiary/aromatic N) is 1. The van der Waals surface area contributed by atoms with Crippen LogP contribution in [0.25, 0.3) is 6.08 Å². The first kappa shape index (κ1) is 18.2. The Morgan fingerprint density at radius 1 is 1.16 bits per heavy atom. The summed E-state index contributed by atoms with van der Waals surface area (Å²) in [5.74, 6) is 0. The van der Waals surface area contributed by atoms with Crippen LogP contribution in [0.15, 0.2) is 24.8 Å². The van der Waals surface area contributed by atoms with Crippen LogP contribution in [-0.2, 0) is 13.0 Å². The zero-order valence-electron chi connectivity index (χ0n) is 12.9. The largest absolute Gasteiger partial charge is 1.00 e. The van der Waals surface area contributed by atoms with Gasteiger partial charge in [-0.15, -0.1) is 0 Å². The molecule has 0 aromatic heterocycles. The van der Waals surface area contributed by atoms with Crippen molar-refractivity contribution in [1.29, 1.82) is 0 Å². The number of rotatable bonds is 7. The van der Waals surface area contributed by atoms with Crippen LogP contribution >= 0.6 is 0 Å². The van der Waals surface area contributed by atoms with Gasteiger partial charge >= 0.3 is 0 Å². The topological polar surface area (TPSA) is 0 Å². The molecule has 108 valence electrons. The zero-order chi connectivity index (χ0) is 13.6. The van der Waals surface area contributed by atoms with Crippen LogP contribution in [0, 0.1) is 0 Å².